The Bertz CT molecular complexity index is 641. The molecule has 1 aromatic carbocycles. The molecule has 0 unspecified atom stereocenters. The Kier molecular flexibility index (Phi) is 5.39. The van der Waals surface area contributed by atoms with Gasteiger partial charge in [0.1, 0.15) is 12.2 Å². The summed E-state index contributed by atoms with van der Waals surface area (Å²) in [6, 6.07) is 9.68. The van der Waals surface area contributed by atoms with Crippen LogP contribution in [-0.4, -0.2) is 40.8 Å². The molecule has 0 spiro atoms. The number of carbonyl (C=O) groups is 2. The van der Waals surface area contributed by atoms with Gasteiger partial charge in [-0.05, 0) is 52.0 Å². The third-order valence-electron chi connectivity index (χ3n) is 4.94. The van der Waals surface area contributed by atoms with Crippen molar-refractivity contribution in [3.63, 3.8) is 0 Å². The van der Waals surface area contributed by atoms with E-state index in [-0.39, 0.29) is 30.8 Å². The van der Waals surface area contributed by atoms with Crippen molar-refractivity contribution in [1.29, 1.82) is 0 Å². The Labute approximate surface area is 154 Å². The number of rotatable bonds is 3. The molecule has 26 heavy (non-hydrogen) atoms. The van der Waals surface area contributed by atoms with E-state index in [2.05, 4.69) is 5.32 Å². The Balaban J connectivity index is 1.56. The van der Waals surface area contributed by atoms with Crippen LogP contribution < -0.4 is 5.32 Å². The summed E-state index contributed by atoms with van der Waals surface area (Å²) in [6.07, 6.45) is 2.85. The molecule has 2 saturated heterocycles. The number of benzene rings is 1. The van der Waals surface area contributed by atoms with Gasteiger partial charge in [-0.2, -0.15) is 0 Å². The van der Waals surface area contributed by atoms with Gasteiger partial charge in [0.15, 0.2) is 0 Å². The van der Waals surface area contributed by atoms with Gasteiger partial charge in [-0.15, -0.1) is 0 Å². The lowest BCUT2D eigenvalue weighted by molar-refractivity contribution is 0.00239. The van der Waals surface area contributed by atoms with Crippen LogP contribution in [0.1, 0.15) is 52.0 Å². The van der Waals surface area contributed by atoms with Gasteiger partial charge in [0.2, 0.25) is 0 Å². The predicted molar refractivity (Wildman–Crippen MR) is 97.7 cm³/mol. The Hall–Kier alpha value is -2.24. The maximum atomic E-state index is 12.6. The molecule has 0 saturated carbocycles. The summed E-state index contributed by atoms with van der Waals surface area (Å²) in [5, 5.41) is 2.95. The maximum absolute atomic E-state index is 12.6. The largest absolute Gasteiger partial charge is 0.445 e. The molecular weight excluding hydrogens is 332 g/mol. The van der Waals surface area contributed by atoms with Crippen LogP contribution in [0.15, 0.2) is 30.3 Å². The zero-order chi connectivity index (χ0) is 18.7. The normalized spacial score (nSPS) is 24.9. The highest BCUT2D eigenvalue weighted by molar-refractivity contribution is 5.71. The van der Waals surface area contributed by atoms with Crippen LogP contribution in [0, 0.1) is 0 Å². The van der Waals surface area contributed by atoms with E-state index in [1.807, 2.05) is 56.0 Å². The number of carbonyl (C=O) groups excluding carboxylic acids is 2. The van der Waals surface area contributed by atoms with Crippen molar-refractivity contribution < 1.29 is 19.1 Å². The molecule has 2 aliphatic heterocycles. The number of piperidine rings is 1. The fourth-order valence-corrected chi connectivity index (χ4v) is 3.84. The standard InChI is InChI=1S/C20H28N2O4/c1-20(2,3)26-19(24)22-15-9-11-16(17(22)12-10-15)21-18(23)25-13-14-7-5-4-6-8-14/h4-8,15-17H,9-13H2,1-3H3,(H,21,23)/t15-,16-,17-/m0/s1. The van der Waals surface area contributed by atoms with E-state index in [0.717, 1.165) is 31.2 Å². The minimum Gasteiger partial charge on any atom is -0.445 e. The van der Waals surface area contributed by atoms with Crippen LogP contribution in [0.5, 0.6) is 0 Å². The number of nitrogens with one attached hydrogen (secondary N) is 1. The molecule has 1 N–H and O–H groups in total. The van der Waals surface area contributed by atoms with Gasteiger partial charge in [-0.25, -0.2) is 9.59 Å². The van der Waals surface area contributed by atoms with Gasteiger partial charge < -0.3 is 19.7 Å². The molecule has 2 heterocycles. The van der Waals surface area contributed by atoms with Crippen LogP contribution in [0.3, 0.4) is 0 Å². The second-order valence-corrected chi connectivity index (χ2v) is 8.08. The molecule has 2 fully saturated rings. The second kappa shape index (κ2) is 7.56. The van der Waals surface area contributed by atoms with Crippen LogP contribution in [0.25, 0.3) is 0 Å². The molecule has 3 rings (SSSR count). The van der Waals surface area contributed by atoms with Crippen molar-refractivity contribution >= 4 is 12.2 Å². The lowest BCUT2D eigenvalue weighted by atomic mass is 9.98. The molecule has 0 aliphatic carbocycles. The molecule has 2 aliphatic rings. The highest BCUT2D eigenvalue weighted by Gasteiger charge is 2.46. The molecule has 6 heteroatoms. The molecule has 2 bridgehead atoms. The van der Waals surface area contributed by atoms with E-state index in [9.17, 15) is 9.59 Å². The van der Waals surface area contributed by atoms with Crippen molar-refractivity contribution in [2.24, 2.45) is 0 Å². The highest BCUT2D eigenvalue weighted by Crippen LogP contribution is 2.36. The number of fused-ring (bicyclic) bond motifs is 2. The lowest BCUT2D eigenvalue weighted by Crippen LogP contribution is -2.57. The monoisotopic (exact) mass is 360 g/mol. The molecule has 1 aromatic rings. The molecular formula is C20H28N2O4. The van der Waals surface area contributed by atoms with Crippen LogP contribution in [0.2, 0.25) is 0 Å². The third kappa shape index (κ3) is 4.48. The second-order valence-electron chi connectivity index (χ2n) is 8.08. The topological polar surface area (TPSA) is 67.9 Å². The first-order valence-electron chi connectivity index (χ1n) is 9.32. The van der Waals surface area contributed by atoms with Gasteiger partial charge in [0.25, 0.3) is 0 Å². The third-order valence-corrected chi connectivity index (χ3v) is 4.94. The van der Waals surface area contributed by atoms with Crippen molar-refractivity contribution in [2.75, 3.05) is 0 Å². The van der Waals surface area contributed by atoms with Gasteiger partial charge in [-0.3, -0.25) is 0 Å². The predicted octanol–water partition coefficient (Wildman–Crippen LogP) is 3.84. The van der Waals surface area contributed by atoms with Gasteiger partial charge in [0, 0.05) is 6.04 Å². The van der Waals surface area contributed by atoms with E-state index >= 15 is 0 Å². The summed E-state index contributed by atoms with van der Waals surface area (Å²) in [4.78, 5) is 26.6. The first-order chi connectivity index (χ1) is 12.3. The summed E-state index contributed by atoms with van der Waals surface area (Å²) in [7, 11) is 0. The fourth-order valence-electron chi connectivity index (χ4n) is 3.84. The number of amides is 2. The van der Waals surface area contributed by atoms with Crippen molar-refractivity contribution in [3.8, 4) is 0 Å². The summed E-state index contributed by atoms with van der Waals surface area (Å²) >= 11 is 0. The van der Waals surface area contributed by atoms with Crippen molar-refractivity contribution in [3.05, 3.63) is 35.9 Å². The van der Waals surface area contributed by atoms with Gasteiger partial charge in [-0.1, -0.05) is 30.3 Å². The zero-order valence-corrected chi connectivity index (χ0v) is 15.7. The average molecular weight is 360 g/mol. The van der Waals surface area contributed by atoms with Crippen LogP contribution in [-0.2, 0) is 16.1 Å². The number of hydrogen-bond acceptors (Lipinski definition) is 4. The fraction of sp³-hybridized carbons (Fsp3) is 0.600. The Morgan fingerprint density at radius 2 is 1.81 bits per heavy atom. The summed E-state index contributed by atoms with van der Waals surface area (Å²) in [5.41, 5.74) is 0.425. The quantitative estimate of drug-likeness (QED) is 0.889. The zero-order valence-electron chi connectivity index (χ0n) is 15.7. The summed E-state index contributed by atoms with van der Waals surface area (Å²) in [5.74, 6) is 0. The van der Waals surface area contributed by atoms with E-state index in [1.54, 1.807) is 0 Å². The van der Waals surface area contributed by atoms with Crippen molar-refractivity contribution in [1.82, 2.24) is 10.2 Å². The summed E-state index contributed by atoms with van der Waals surface area (Å²) in [6.45, 7) is 5.84. The van der Waals surface area contributed by atoms with E-state index < -0.39 is 11.7 Å². The molecule has 2 amide bonds. The minimum atomic E-state index is -0.522. The van der Waals surface area contributed by atoms with E-state index in [1.165, 1.54) is 0 Å². The summed E-state index contributed by atoms with van der Waals surface area (Å²) < 4.78 is 10.9. The molecule has 6 nitrogen and oxygen atoms in total. The number of ether oxygens (including phenoxy) is 2. The maximum Gasteiger partial charge on any atom is 0.410 e. The molecule has 0 aromatic heterocycles. The SMILES string of the molecule is CC(C)(C)OC(=O)N1[C@H]2CC[C@H](NC(=O)OCc3ccccc3)[C@@H]1CC2. The van der Waals surface area contributed by atoms with E-state index in [4.69, 9.17) is 9.47 Å². The number of nitrogens with zero attached hydrogens (tertiary/aromatic N) is 1. The molecule has 142 valence electrons. The Morgan fingerprint density at radius 1 is 1.12 bits per heavy atom. The van der Waals surface area contributed by atoms with Crippen molar-refractivity contribution in [2.45, 2.75) is 76.8 Å². The first-order valence-corrected chi connectivity index (χ1v) is 9.32. The first kappa shape index (κ1) is 18.5. The molecule has 0 radical (unpaired) electrons. The smallest absolute Gasteiger partial charge is 0.410 e. The van der Waals surface area contributed by atoms with Crippen LogP contribution >= 0.6 is 0 Å². The number of alkyl carbamates (subject to hydrolysis) is 1. The van der Waals surface area contributed by atoms with Gasteiger partial charge in [0.05, 0.1) is 12.1 Å². The lowest BCUT2D eigenvalue weighted by Gasteiger charge is -2.40. The number of hydrogen-bond donors (Lipinski definition) is 1. The molecule has 3 atom stereocenters. The Morgan fingerprint density at radius 3 is 2.50 bits per heavy atom. The highest BCUT2D eigenvalue weighted by atomic mass is 16.6. The average Bonchev–Trinajstić information content (AvgIpc) is 2.91. The van der Waals surface area contributed by atoms with Crippen LogP contribution in [0.4, 0.5) is 9.59 Å². The minimum absolute atomic E-state index is 0.0205. The van der Waals surface area contributed by atoms with Gasteiger partial charge >= 0.3 is 12.2 Å². The van der Waals surface area contributed by atoms with E-state index in [0.29, 0.717) is 0 Å².